The topological polar surface area (TPSA) is 96.6 Å². The van der Waals surface area contributed by atoms with Crippen LogP contribution in [0.5, 0.6) is 0 Å². The predicted molar refractivity (Wildman–Crippen MR) is 76.7 cm³/mol. The molecule has 2 N–H and O–H groups in total. The highest BCUT2D eigenvalue weighted by Crippen LogP contribution is 2.27. The molecular weight excluding hydrogens is 294 g/mol. The second-order valence-corrected chi connectivity index (χ2v) is 5.45. The predicted octanol–water partition coefficient (Wildman–Crippen LogP) is 2.38. The van der Waals surface area contributed by atoms with Crippen LogP contribution in [0, 0.1) is 0 Å². The lowest BCUT2D eigenvalue weighted by Gasteiger charge is -1.95. The number of carbonyl (C=O) groups excluding carboxylic acids is 2. The van der Waals surface area contributed by atoms with Crippen LogP contribution in [0.15, 0.2) is 33.6 Å². The molecule has 1 saturated heterocycles. The molecule has 3 rings (SSSR count). The Morgan fingerprint density at radius 1 is 1.33 bits per heavy atom. The number of hydrogen-bond donors (Lipinski definition) is 2. The average molecular weight is 303 g/mol. The van der Waals surface area contributed by atoms with Crippen molar-refractivity contribution in [1.82, 2.24) is 5.32 Å². The van der Waals surface area contributed by atoms with Crippen LogP contribution < -0.4 is 5.32 Å². The molecule has 6 nitrogen and oxygen atoms in total. The molecule has 1 aliphatic rings. The van der Waals surface area contributed by atoms with Gasteiger partial charge in [0.15, 0.2) is 0 Å². The van der Waals surface area contributed by atoms with Crippen molar-refractivity contribution in [2.45, 2.75) is 6.42 Å². The first-order chi connectivity index (χ1) is 10.0. The molecule has 0 radical (unpaired) electrons. The van der Waals surface area contributed by atoms with Gasteiger partial charge in [0.1, 0.15) is 17.8 Å². The number of hydrogen-bond acceptors (Lipinski definition) is 5. The molecule has 1 fully saturated rings. The molecule has 2 amide bonds. The summed E-state index contributed by atoms with van der Waals surface area (Å²) in [5.74, 6) is -1.02. The Kier molecular flexibility index (Phi) is 3.26. The SMILES string of the molecule is O=C(O)Cc1cc2ccc(C=C3SC(=O)NC3=O)cc2o1. The average Bonchev–Trinajstić information content (AvgIpc) is 2.91. The zero-order valence-electron chi connectivity index (χ0n) is 10.6. The Morgan fingerprint density at radius 2 is 2.14 bits per heavy atom. The van der Waals surface area contributed by atoms with E-state index in [4.69, 9.17) is 9.52 Å². The summed E-state index contributed by atoms with van der Waals surface area (Å²) in [7, 11) is 0. The number of thioether (sulfide) groups is 1. The number of nitrogens with one attached hydrogen (secondary N) is 1. The number of amides is 2. The van der Waals surface area contributed by atoms with Gasteiger partial charge in [-0.2, -0.15) is 0 Å². The van der Waals surface area contributed by atoms with Crippen molar-refractivity contribution in [3.63, 3.8) is 0 Å². The number of furan rings is 1. The molecule has 21 heavy (non-hydrogen) atoms. The highest BCUT2D eigenvalue weighted by Gasteiger charge is 2.24. The second kappa shape index (κ2) is 5.10. The number of aliphatic carboxylic acids is 1. The van der Waals surface area contributed by atoms with E-state index in [1.165, 1.54) is 0 Å². The summed E-state index contributed by atoms with van der Waals surface area (Å²) in [6, 6.07) is 6.91. The first kappa shape index (κ1) is 13.4. The highest BCUT2D eigenvalue weighted by atomic mass is 32.2. The van der Waals surface area contributed by atoms with Gasteiger partial charge >= 0.3 is 5.97 Å². The molecule has 1 aromatic heterocycles. The molecule has 0 unspecified atom stereocenters. The molecule has 0 spiro atoms. The normalized spacial score (nSPS) is 16.7. The molecular formula is C14H9NO5S. The van der Waals surface area contributed by atoms with Crippen LogP contribution >= 0.6 is 11.8 Å². The molecule has 2 aromatic rings. The summed E-state index contributed by atoms with van der Waals surface area (Å²) in [5.41, 5.74) is 1.24. The van der Waals surface area contributed by atoms with Crippen molar-refractivity contribution in [2.75, 3.05) is 0 Å². The van der Waals surface area contributed by atoms with E-state index in [0.29, 0.717) is 21.8 Å². The minimum atomic E-state index is -0.964. The fraction of sp³-hybridized carbons (Fsp3) is 0.0714. The zero-order chi connectivity index (χ0) is 15.0. The quantitative estimate of drug-likeness (QED) is 0.845. The van der Waals surface area contributed by atoms with Crippen LogP contribution in [0.2, 0.25) is 0 Å². The van der Waals surface area contributed by atoms with E-state index in [1.807, 2.05) is 0 Å². The van der Waals surface area contributed by atoms with Crippen LogP contribution in [0.1, 0.15) is 11.3 Å². The Labute approximate surface area is 122 Å². The molecule has 2 heterocycles. The van der Waals surface area contributed by atoms with E-state index in [0.717, 1.165) is 17.1 Å². The van der Waals surface area contributed by atoms with Crippen molar-refractivity contribution in [3.8, 4) is 0 Å². The summed E-state index contributed by atoms with van der Waals surface area (Å²) < 4.78 is 5.45. The first-order valence-corrected chi connectivity index (χ1v) is 6.82. The Balaban J connectivity index is 1.94. The van der Waals surface area contributed by atoms with E-state index in [1.54, 1.807) is 30.3 Å². The minimum Gasteiger partial charge on any atom is -0.481 e. The Hall–Kier alpha value is -2.54. The van der Waals surface area contributed by atoms with E-state index < -0.39 is 17.1 Å². The van der Waals surface area contributed by atoms with Gasteiger partial charge < -0.3 is 9.52 Å². The van der Waals surface area contributed by atoms with Gasteiger partial charge in [0, 0.05) is 5.39 Å². The lowest BCUT2D eigenvalue weighted by atomic mass is 10.1. The smallest absolute Gasteiger partial charge is 0.311 e. The lowest BCUT2D eigenvalue weighted by molar-refractivity contribution is -0.136. The summed E-state index contributed by atoms with van der Waals surface area (Å²) in [4.78, 5) is 33.5. The maximum Gasteiger partial charge on any atom is 0.311 e. The third-order valence-corrected chi connectivity index (χ3v) is 3.67. The van der Waals surface area contributed by atoms with Gasteiger partial charge in [0.2, 0.25) is 0 Å². The number of benzene rings is 1. The van der Waals surface area contributed by atoms with Crippen molar-refractivity contribution in [1.29, 1.82) is 0 Å². The standard InChI is InChI=1S/C14H9NO5S/c16-12(17)6-9-5-8-2-1-7(3-10(8)20-9)4-11-13(18)15-14(19)21-11/h1-5H,6H2,(H,16,17)(H,15,18,19). The van der Waals surface area contributed by atoms with Gasteiger partial charge in [-0.05, 0) is 35.5 Å². The molecule has 0 saturated carbocycles. The van der Waals surface area contributed by atoms with Crippen LogP contribution in [0.25, 0.3) is 17.0 Å². The monoisotopic (exact) mass is 303 g/mol. The number of carbonyl (C=O) groups is 3. The number of fused-ring (bicyclic) bond motifs is 1. The fourth-order valence-corrected chi connectivity index (χ4v) is 2.68. The molecule has 0 aliphatic carbocycles. The van der Waals surface area contributed by atoms with Crippen molar-refractivity contribution < 1.29 is 23.9 Å². The molecule has 0 bridgehead atoms. The van der Waals surface area contributed by atoms with E-state index in [2.05, 4.69) is 5.32 Å². The second-order valence-electron chi connectivity index (χ2n) is 4.43. The Morgan fingerprint density at radius 3 is 2.81 bits per heavy atom. The van der Waals surface area contributed by atoms with E-state index >= 15 is 0 Å². The molecule has 0 atom stereocenters. The van der Waals surface area contributed by atoms with Crippen molar-refractivity contribution in [2.24, 2.45) is 0 Å². The molecule has 7 heteroatoms. The third-order valence-electron chi connectivity index (χ3n) is 2.86. The third kappa shape index (κ3) is 2.82. The summed E-state index contributed by atoms with van der Waals surface area (Å²) >= 11 is 0.841. The van der Waals surface area contributed by atoms with Gasteiger partial charge in [-0.1, -0.05) is 12.1 Å². The molecule has 106 valence electrons. The van der Waals surface area contributed by atoms with Gasteiger partial charge in [-0.15, -0.1) is 0 Å². The largest absolute Gasteiger partial charge is 0.481 e. The van der Waals surface area contributed by atoms with Crippen molar-refractivity contribution >= 4 is 45.9 Å². The first-order valence-electron chi connectivity index (χ1n) is 6.00. The Bertz CT molecular complexity index is 805. The van der Waals surface area contributed by atoms with E-state index in [9.17, 15) is 14.4 Å². The van der Waals surface area contributed by atoms with Gasteiger partial charge in [0.05, 0.1) is 4.91 Å². The van der Waals surface area contributed by atoms with Gasteiger partial charge in [-0.3, -0.25) is 19.7 Å². The number of imide groups is 1. The number of carboxylic acid groups (broad SMARTS) is 1. The van der Waals surface area contributed by atoms with Crippen LogP contribution in [0.3, 0.4) is 0 Å². The van der Waals surface area contributed by atoms with Gasteiger partial charge in [-0.25, -0.2) is 0 Å². The van der Waals surface area contributed by atoms with Gasteiger partial charge in [0.25, 0.3) is 11.1 Å². The summed E-state index contributed by atoms with van der Waals surface area (Å²) in [6.45, 7) is 0. The van der Waals surface area contributed by atoms with E-state index in [-0.39, 0.29) is 6.42 Å². The summed E-state index contributed by atoms with van der Waals surface area (Å²) in [5, 5.41) is 11.3. The van der Waals surface area contributed by atoms with Crippen LogP contribution in [0.4, 0.5) is 4.79 Å². The fourth-order valence-electron chi connectivity index (χ4n) is 2.00. The maximum absolute atomic E-state index is 11.5. The van der Waals surface area contributed by atoms with Crippen LogP contribution in [-0.2, 0) is 16.0 Å². The molecule has 1 aromatic carbocycles. The lowest BCUT2D eigenvalue weighted by Crippen LogP contribution is -2.17. The zero-order valence-corrected chi connectivity index (χ0v) is 11.4. The number of carboxylic acids is 1. The summed E-state index contributed by atoms with van der Waals surface area (Å²) in [6.07, 6.45) is 1.40. The molecule has 1 aliphatic heterocycles. The van der Waals surface area contributed by atoms with Crippen LogP contribution in [-0.4, -0.2) is 22.2 Å². The van der Waals surface area contributed by atoms with Crippen molar-refractivity contribution in [3.05, 3.63) is 40.5 Å². The number of rotatable bonds is 3. The highest BCUT2D eigenvalue weighted by molar-refractivity contribution is 8.18. The maximum atomic E-state index is 11.5. The minimum absolute atomic E-state index is 0.183.